The van der Waals surface area contributed by atoms with Crippen molar-refractivity contribution in [1.29, 1.82) is 0 Å². The smallest absolute Gasteiger partial charge is 0.309 e. The van der Waals surface area contributed by atoms with Gasteiger partial charge >= 0.3 is 5.97 Å². The molecule has 1 aromatic carbocycles. The molecule has 0 radical (unpaired) electrons. The van der Waals surface area contributed by atoms with Gasteiger partial charge in [0, 0.05) is 18.9 Å². The van der Waals surface area contributed by atoms with E-state index in [0.29, 0.717) is 6.61 Å². The minimum atomic E-state index is -0.791. The van der Waals surface area contributed by atoms with E-state index in [4.69, 9.17) is 14.2 Å². The SMILES string of the molecule is O=C(O)[C@H]1COCC[C@@H]1c1ccc(OC2CCCCO2)cc1. The van der Waals surface area contributed by atoms with Gasteiger partial charge in [-0.1, -0.05) is 12.1 Å². The van der Waals surface area contributed by atoms with E-state index in [1.54, 1.807) is 0 Å². The molecule has 5 nitrogen and oxygen atoms in total. The van der Waals surface area contributed by atoms with Gasteiger partial charge in [-0.15, -0.1) is 0 Å². The molecule has 0 spiro atoms. The van der Waals surface area contributed by atoms with Crippen LogP contribution in [-0.4, -0.2) is 37.2 Å². The molecule has 3 atom stereocenters. The first kappa shape index (κ1) is 15.3. The highest BCUT2D eigenvalue weighted by Crippen LogP contribution is 2.33. The predicted octanol–water partition coefficient (Wildman–Crippen LogP) is 2.80. The number of hydrogen-bond acceptors (Lipinski definition) is 4. The van der Waals surface area contributed by atoms with Crippen molar-refractivity contribution in [2.24, 2.45) is 5.92 Å². The Morgan fingerprint density at radius 1 is 1.14 bits per heavy atom. The van der Waals surface area contributed by atoms with Gasteiger partial charge in [-0.25, -0.2) is 0 Å². The van der Waals surface area contributed by atoms with E-state index in [-0.39, 0.29) is 18.8 Å². The monoisotopic (exact) mass is 306 g/mol. The lowest BCUT2D eigenvalue weighted by molar-refractivity contribution is -0.147. The van der Waals surface area contributed by atoms with Crippen LogP contribution >= 0.6 is 0 Å². The number of benzene rings is 1. The Labute approximate surface area is 130 Å². The van der Waals surface area contributed by atoms with Gasteiger partial charge in [0.1, 0.15) is 5.75 Å². The largest absolute Gasteiger partial charge is 0.481 e. The first-order valence-corrected chi connectivity index (χ1v) is 7.93. The number of carbonyl (C=O) groups is 1. The Morgan fingerprint density at radius 2 is 1.95 bits per heavy atom. The van der Waals surface area contributed by atoms with E-state index >= 15 is 0 Å². The molecule has 2 saturated heterocycles. The first-order valence-electron chi connectivity index (χ1n) is 7.93. The number of aliphatic carboxylic acids is 1. The van der Waals surface area contributed by atoms with Crippen LogP contribution in [0.4, 0.5) is 0 Å². The normalized spacial score (nSPS) is 29.0. The van der Waals surface area contributed by atoms with E-state index in [9.17, 15) is 9.90 Å². The fourth-order valence-electron chi connectivity index (χ4n) is 3.13. The van der Waals surface area contributed by atoms with Crippen LogP contribution in [0.3, 0.4) is 0 Å². The molecule has 0 saturated carbocycles. The zero-order valence-corrected chi connectivity index (χ0v) is 12.6. The van der Waals surface area contributed by atoms with Crippen LogP contribution in [0, 0.1) is 5.92 Å². The van der Waals surface area contributed by atoms with Gasteiger partial charge in [0.15, 0.2) is 6.29 Å². The van der Waals surface area contributed by atoms with E-state index in [1.807, 2.05) is 24.3 Å². The molecule has 3 rings (SSSR count). The van der Waals surface area contributed by atoms with Crippen LogP contribution in [-0.2, 0) is 14.3 Å². The molecule has 2 aliphatic rings. The fourth-order valence-corrected chi connectivity index (χ4v) is 3.13. The highest BCUT2D eigenvalue weighted by atomic mass is 16.7. The topological polar surface area (TPSA) is 65.0 Å². The van der Waals surface area contributed by atoms with Crippen molar-refractivity contribution in [3.63, 3.8) is 0 Å². The molecule has 0 amide bonds. The molecule has 2 heterocycles. The summed E-state index contributed by atoms with van der Waals surface area (Å²) in [6.07, 6.45) is 3.73. The van der Waals surface area contributed by atoms with Crippen molar-refractivity contribution in [3.05, 3.63) is 29.8 Å². The van der Waals surface area contributed by atoms with Crippen LogP contribution in [0.5, 0.6) is 5.75 Å². The van der Waals surface area contributed by atoms with Crippen molar-refractivity contribution in [2.75, 3.05) is 19.8 Å². The van der Waals surface area contributed by atoms with Gasteiger partial charge in [0.05, 0.1) is 19.1 Å². The van der Waals surface area contributed by atoms with Crippen LogP contribution in [0.1, 0.15) is 37.2 Å². The molecule has 5 heteroatoms. The number of rotatable bonds is 4. The molecule has 22 heavy (non-hydrogen) atoms. The zero-order chi connectivity index (χ0) is 15.4. The molecule has 0 aromatic heterocycles. The second-order valence-corrected chi connectivity index (χ2v) is 5.90. The molecule has 0 bridgehead atoms. The summed E-state index contributed by atoms with van der Waals surface area (Å²) in [6, 6.07) is 7.73. The lowest BCUT2D eigenvalue weighted by Crippen LogP contribution is -2.32. The Balaban J connectivity index is 1.66. The third-order valence-corrected chi connectivity index (χ3v) is 4.39. The Hall–Kier alpha value is -1.59. The summed E-state index contributed by atoms with van der Waals surface area (Å²) >= 11 is 0. The van der Waals surface area contributed by atoms with E-state index in [2.05, 4.69) is 0 Å². The standard InChI is InChI=1S/C17H22O5/c18-17(19)15-11-20-10-8-14(15)12-4-6-13(7-5-12)22-16-3-1-2-9-21-16/h4-7,14-16H,1-3,8-11H2,(H,18,19)/t14-,15+,16?/m1/s1. The van der Waals surface area contributed by atoms with Gasteiger partial charge in [-0.2, -0.15) is 0 Å². The average molecular weight is 306 g/mol. The van der Waals surface area contributed by atoms with Gasteiger partial charge in [0.2, 0.25) is 0 Å². The lowest BCUT2D eigenvalue weighted by atomic mass is 9.83. The maximum absolute atomic E-state index is 11.3. The van der Waals surface area contributed by atoms with E-state index < -0.39 is 11.9 Å². The summed E-state index contributed by atoms with van der Waals surface area (Å²) in [5.41, 5.74) is 1.03. The molecular weight excluding hydrogens is 284 g/mol. The van der Waals surface area contributed by atoms with Crippen molar-refractivity contribution in [3.8, 4) is 5.75 Å². The van der Waals surface area contributed by atoms with E-state index in [1.165, 1.54) is 0 Å². The third kappa shape index (κ3) is 3.59. The Kier molecular flexibility index (Phi) is 4.95. The van der Waals surface area contributed by atoms with Crippen molar-refractivity contribution in [1.82, 2.24) is 0 Å². The van der Waals surface area contributed by atoms with Crippen molar-refractivity contribution in [2.45, 2.75) is 37.9 Å². The van der Waals surface area contributed by atoms with Crippen LogP contribution in [0.15, 0.2) is 24.3 Å². The van der Waals surface area contributed by atoms with Gasteiger partial charge in [-0.05, 0) is 37.0 Å². The summed E-state index contributed by atoms with van der Waals surface area (Å²) in [5.74, 6) is -0.483. The van der Waals surface area contributed by atoms with Crippen LogP contribution in [0.25, 0.3) is 0 Å². The molecule has 1 aromatic rings. The maximum Gasteiger partial charge on any atom is 0.309 e. The lowest BCUT2D eigenvalue weighted by Gasteiger charge is -2.29. The summed E-state index contributed by atoms with van der Waals surface area (Å²) in [6.45, 7) is 1.65. The highest BCUT2D eigenvalue weighted by molar-refractivity contribution is 5.71. The summed E-state index contributed by atoms with van der Waals surface area (Å²) in [4.78, 5) is 11.3. The second kappa shape index (κ2) is 7.11. The second-order valence-electron chi connectivity index (χ2n) is 5.90. The first-order chi connectivity index (χ1) is 10.7. The molecule has 2 aliphatic heterocycles. The molecule has 1 N–H and O–H groups in total. The van der Waals surface area contributed by atoms with E-state index in [0.717, 1.165) is 43.6 Å². The molecule has 1 unspecified atom stereocenters. The number of hydrogen-bond donors (Lipinski definition) is 1. The van der Waals surface area contributed by atoms with Gasteiger partial charge < -0.3 is 19.3 Å². The fraction of sp³-hybridized carbons (Fsp3) is 0.588. The minimum absolute atomic E-state index is 0.00577. The summed E-state index contributed by atoms with van der Waals surface area (Å²) in [5, 5.41) is 9.32. The Bertz CT molecular complexity index is 492. The number of carboxylic acids is 1. The number of carboxylic acid groups (broad SMARTS) is 1. The quantitative estimate of drug-likeness (QED) is 0.926. The minimum Gasteiger partial charge on any atom is -0.481 e. The van der Waals surface area contributed by atoms with Gasteiger partial charge in [0.25, 0.3) is 0 Å². The molecule has 2 fully saturated rings. The third-order valence-electron chi connectivity index (χ3n) is 4.39. The average Bonchev–Trinajstić information content (AvgIpc) is 2.56. The highest BCUT2D eigenvalue weighted by Gasteiger charge is 2.32. The van der Waals surface area contributed by atoms with Crippen molar-refractivity contribution < 1.29 is 24.1 Å². The number of ether oxygens (including phenoxy) is 3. The maximum atomic E-state index is 11.3. The van der Waals surface area contributed by atoms with Crippen LogP contribution < -0.4 is 4.74 Å². The molecular formula is C17H22O5. The van der Waals surface area contributed by atoms with Crippen molar-refractivity contribution >= 4 is 5.97 Å². The zero-order valence-electron chi connectivity index (χ0n) is 12.6. The summed E-state index contributed by atoms with van der Waals surface area (Å²) < 4.78 is 16.7. The molecule has 120 valence electrons. The molecule has 0 aliphatic carbocycles. The predicted molar refractivity (Wildman–Crippen MR) is 80.0 cm³/mol. The van der Waals surface area contributed by atoms with Gasteiger partial charge in [-0.3, -0.25) is 4.79 Å². The summed E-state index contributed by atoms with van der Waals surface area (Å²) in [7, 11) is 0. The Morgan fingerprint density at radius 3 is 2.64 bits per heavy atom. The van der Waals surface area contributed by atoms with Crippen LogP contribution in [0.2, 0.25) is 0 Å².